The van der Waals surface area contributed by atoms with Crippen molar-refractivity contribution in [3.63, 3.8) is 0 Å². The van der Waals surface area contributed by atoms with Crippen molar-refractivity contribution in [2.75, 3.05) is 19.8 Å². The zero-order valence-corrected chi connectivity index (χ0v) is 24.6. The predicted molar refractivity (Wildman–Crippen MR) is 169 cm³/mol. The average Bonchev–Trinajstić information content (AvgIpc) is 3.03. The van der Waals surface area contributed by atoms with Crippen molar-refractivity contribution < 1.29 is 24.2 Å². The van der Waals surface area contributed by atoms with Gasteiger partial charge in [-0.1, -0.05) is 103 Å². The Bertz CT molecular complexity index is 1300. The fraction of sp³-hybridized carbons (Fsp3) is 0.306. The lowest BCUT2D eigenvalue weighted by Gasteiger charge is -2.26. The summed E-state index contributed by atoms with van der Waals surface area (Å²) in [6.07, 6.45) is 4.55. The second-order valence-corrected chi connectivity index (χ2v) is 10.5. The minimum atomic E-state index is -0.685. The van der Waals surface area contributed by atoms with Crippen molar-refractivity contribution >= 4 is 17.8 Å². The number of nitrogens with zero attached hydrogens (tertiary/aromatic N) is 1. The van der Waals surface area contributed by atoms with Crippen LogP contribution in [0.4, 0.5) is 0 Å². The molecule has 7 heteroatoms. The van der Waals surface area contributed by atoms with Gasteiger partial charge >= 0.3 is 5.97 Å². The van der Waals surface area contributed by atoms with Crippen LogP contribution in [0.2, 0.25) is 0 Å². The van der Waals surface area contributed by atoms with Gasteiger partial charge in [0.2, 0.25) is 11.8 Å². The van der Waals surface area contributed by atoms with Gasteiger partial charge in [-0.2, -0.15) is 0 Å². The summed E-state index contributed by atoms with van der Waals surface area (Å²) in [7, 11) is 0. The number of rotatable bonds is 18. The molecule has 0 aliphatic carbocycles. The highest BCUT2D eigenvalue weighted by Gasteiger charge is 2.28. The lowest BCUT2D eigenvalue weighted by molar-refractivity contribution is -0.150. The third-order valence-corrected chi connectivity index (χ3v) is 7.20. The molecule has 43 heavy (non-hydrogen) atoms. The van der Waals surface area contributed by atoms with Crippen LogP contribution in [-0.4, -0.2) is 47.5 Å². The smallest absolute Gasteiger partial charge is 0.309 e. The molecule has 0 aliphatic heterocycles. The Labute approximate surface area is 254 Å². The van der Waals surface area contributed by atoms with E-state index in [9.17, 15) is 19.5 Å². The Balaban J connectivity index is 1.71. The molecule has 0 saturated heterocycles. The molecule has 0 fully saturated rings. The van der Waals surface area contributed by atoms with Crippen LogP contribution in [0.25, 0.3) is 0 Å². The van der Waals surface area contributed by atoms with E-state index >= 15 is 0 Å². The summed E-state index contributed by atoms with van der Waals surface area (Å²) in [5.74, 6) is -2.03. The standard InChI is InChI=1S/C36H42N2O5/c1-3-14-31(25-34(40)38(22-23-39)26-29-18-10-6-11-19-29)35(41)37-33(30-20-12-7-13-21-30)27-43-36(42)32(15-4-2)24-28-16-8-5-9-17-28/h3-13,16-21,31-33,39H,1-2,14-15,22-27H2,(H,37,41)/t31-,32-,33-/m1/s1. The summed E-state index contributed by atoms with van der Waals surface area (Å²) in [5.41, 5.74) is 2.74. The van der Waals surface area contributed by atoms with Crippen molar-refractivity contribution in [1.29, 1.82) is 0 Å². The fourth-order valence-electron chi connectivity index (χ4n) is 4.88. The first-order chi connectivity index (χ1) is 20.9. The van der Waals surface area contributed by atoms with E-state index < -0.39 is 17.9 Å². The van der Waals surface area contributed by atoms with Crippen molar-refractivity contribution in [2.24, 2.45) is 11.8 Å². The van der Waals surface area contributed by atoms with E-state index in [0.717, 1.165) is 16.7 Å². The largest absolute Gasteiger partial charge is 0.463 e. The first kappa shape index (κ1) is 33.0. The number of ether oxygens (including phenoxy) is 1. The molecular weight excluding hydrogens is 540 g/mol. The summed E-state index contributed by atoms with van der Waals surface area (Å²) in [6, 6.07) is 27.9. The van der Waals surface area contributed by atoms with Gasteiger partial charge in [-0.05, 0) is 36.0 Å². The summed E-state index contributed by atoms with van der Waals surface area (Å²) in [6.45, 7) is 7.83. The molecule has 3 atom stereocenters. The van der Waals surface area contributed by atoms with Gasteiger partial charge in [-0.15, -0.1) is 13.2 Å². The van der Waals surface area contributed by atoms with E-state index in [4.69, 9.17) is 4.74 Å². The Kier molecular flexibility index (Phi) is 13.9. The van der Waals surface area contributed by atoms with Crippen LogP contribution in [0.5, 0.6) is 0 Å². The van der Waals surface area contributed by atoms with Crippen LogP contribution < -0.4 is 5.32 Å². The number of allylic oxidation sites excluding steroid dienone is 2. The molecule has 3 rings (SSSR count). The number of aliphatic hydroxyl groups is 1. The number of carbonyl (C=O) groups excluding carboxylic acids is 3. The summed E-state index contributed by atoms with van der Waals surface area (Å²) in [4.78, 5) is 41.6. The minimum absolute atomic E-state index is 0.0511. The number of amides is 2. The molecular formula is C36H42N2O5. The zero-order chi connectivity index (χ0) is 30.9. The van der Waals surface area contributed by atoms with Crippen LogP contribution in [0.1, 0.15) is 42.0 Å². The van der Waals surface area contributed by atoms with Crippen molar-refractivity contribution in [3.05, 3.63) is 133 Å². The predicted octanol–water partition coefficient (Wildman–Crippen LogP) is 5.43. The number of hydrogen-bond acceptors (Lipinski definition) is 5. The SMILES string of the molecule is C=CC[C@H](CC(=O)N(CCO)Cc1ccccc1)C(=O)N[C@H](COC(=O)[C@H](CC=C)Cc1ccccc1)c1ccccc1. The first-order valence-electron chi connectivity index (χ1n) is 14.6. The molecule has 0 heterocycles. The highest BCUT2D eigenvalue weighted by Crippen LogP contribution is 2.21. The quantitative estimate of drug-likeness (QED) is 0.154. The molecule has 0 unspecified atom stereocenters. The highest BCUT2D eigenvalue weighted by molar-refractivity contribution is 5.86. The van der Waals surface area contributed by atoms with Gasteiger partial charge in [0.05, 0.1) is 24.5 Å². The van der Waals surface area contributed by atoms with Gasteiger partial charge in [0.15, 0.2) is 0 Å². The summed E-state index contributed by atoms with van der Waals surface area (Å²) < 4.78 is 5.78. The van der Waals surface area contributed by atoms with Gasteiger partial charge < -0.3 is 20.1 Å². The van der Waals surface area contributed by atoms with Gasteiger partial charge in [0.1, 0.15) is 6.61 Å². The molecule has 7 nitrogen and oxygen atoms in total. The van der Waals surface area contributed by atoms with Crippen LogP contribution in [0.3, 0.4) is 0 Å². The maximum atomic E-state index is 13.6. The normalized spacial score (nSPS) is 12.8. The van der Waals surface area contributed by atoms with E-state index in [1.807, 2.05) is 91.0 Å². The third-order valence-electron chi connectivity index (χ3n) is 7.20. The van der Waals surface area contributed by atoms with Crippen molar-refractivity contribution in [2.45, 2.75) is 38.3 Å². The summed E-state index contributed by atoms with van der Waals surface area (Å²) in [5, 5.41) is 12.6. The lowest BCUT2D eigenvalue weighted by atomic mass is 9.96. The molecule has 2 amide bonds. The van der Waals surface area contributed by atoms with E-state index in [-0.39, 0.29) is 50.4 Å². The van der Waals surface area contributed by atoms with Crippen LogP contribution >= 0.6 is 0 Å². The Morgan fingerprint density at radius 1 is 0.814 bits per heavy atom. The molecule has 3 aromatic carbocycles. The Morgan fingerprint density at radius 3 is 1.95 bits per heavy atom. The van der Waals surface area contributed by atoms with Gasteiger partial charge in [-0.25, -0.2) is 0 Å². The highest BCUT2D eigenvalue weighted by atomic mass is 16.5. The molecule has 226 valence electrons. The van der Waals surface area contributed by atoms with Crippen LogP contribution in [0.15, 0.2) is 116 Å². The van der Waals surface area contributed by atoms with Gasteiger partial charge in [0, 0.05) is 19.5 Å². The number of hydrogen-bond donors (Lipinski definition) is 2. The van der Waals surface area contributed by atoms with E-state index in [0.29, 0.717) is 19.4 Å². The molecule has 2 N–H and O–H groups in total. The zero-order valence-electron chi connectivity index (χ0n) is 24.6. The second kappa shape index (κ2) is 18.1. The second-order valence-electron chi connectivity index (χ2n) is 10.5. The molecule has 0 aliphatic rings. The number of benzene rings is 3. The van der Waals surface area contributed by atoms with Crippen molar-refractivity contribution in [3.8, 4) is 0 Å². The summed E-state index contributed by atoms with van der Waals surface area (Å²) >= 11 is 0. The average molecular weight is 583 g/mol. The maximum absolute atomic E-state index is 13.6. The number of carbonyl (C=O) groups is 3. The first-order valence-corrected chi connectivity index (χ1v) is 14.6. The topological polar surface area (TPSA) is 95.9 Å². The lowest BCUT2D eigenvalue weighted by Crippen LogP contribution is -2.40. The van der Waals surface area contributed by atoms with E-state index in [1.165, 1.54) is 0 Å². The monoisotopic (exact) mass is 582 g/mol. The molecule has 0 aromatic heterocycles. The molecule has 0 radical (unpaired) electrons. The van der Waals surface area contributed by atoms with E-state index in [2.05, 4.69) is 18.5 Å². The fourth-order valence-corrected chi connectivity index (χ4v) is 4.88. The van der Waals surface area contributed by atoms with Crippen LogP contribution in [0, 0.1) is 11.8 Å². The maximum Gasteiger partial charge on any atom is 0.309 e. The van der Waals surface area contributed by atoms with Crippen molar-refractivity contribution in [1.82, 2.24) is 10.2 Å². The molecule has 3 aromatic rings. The van der Waals surface area contributed by atoms with Gasteiger partial charge in [0.25, 0.3) is 0 Å². The molecule has 0 bridgehead atoms. The number of nitrogens with one attached hydrogen (secondary N) is 1. The van der Waals surface area contributed by atoms with Crippen LogP contribution in [-0.2, 0) is 32.1 Å². The van der Waals surface area contributed by atoms with Gasteiger partial charge in [-0.3, -0.25) is 14.4 Å². The number of esters is 1. The van der Waals surface area contributed by atoms with E-state index in [1.54, 1.807) is 17.1 Å². The third kappa shape index (κ3) is 11.0. The molecule has 0 spiro atoms. The molecule has 0 saturated carbocycles. The Hall–Kier alpha value is -4.49. The Morgan fingerprint density at radius 2 is 1.37 bits per heavy atom. The number of aliphatic hydroxyl groups excluding tert-OH is 1. The minimum Gasteiger partial charge on any atom is -0.463 e.